The molecule has 3 aromatic rings. The summed E-state index contributed by atoms with van der Waals surface area (Å²) in [7, 11) is 0. The number of aromatic nitrogens is 1. The van der Waals surface area contributed by atoms with E-state index in [-0.39, 0.29) is 0 Å². The fraction of sp³-hybridized carbons (Fsp3) is 0.375. The number of hydrogen-bond donors (Lipinski definition) is 2. The Labute approximate surface area is 173 Å². The van der Waals surface area contributed by atoms with Crippen molar-refractivity contribution in [3.63, 3.8) is 0 Å². The Morgan fingerprint density at radius 3 is 2.54 bits per heavy atom. The quantitative estimate of drug-likeness (QED) is 0.511. The second-order valence-corrected chi connectivity index (χ2v) is 8.47. The molecule has 0 bridgehead atoms. The highest BCUT2D eigenvalue weighted by Gasteiger charge is 2.24. The number of rotatable bonds is 4. The van der Waals surface area contributed by atoms with Crippen molar-refractivity contribution in [2.24, 2.45) is 0 Å². The number of aryl methyl sites for hydroxylation is 2. The third kappa shape index (κ3) is 4.22. The van der Waals surface area contributed by atoms with Crippen molar-refractivity contribution in [3.05, 3.63) is 65.4 Å². The minimum Gasteiger partial charge on any atom is -0.361 e. The van der Waals surface area contributed by atoms with Crippen LogP contribution in [0, 0.1) is 13.8 Å². The van der Waals surface area contributed by atoms with Crippen LogP contribution in [0.25, 0.3) is 10.9 Å². The lowest BCUT2D eigenvalue weighted by atomic mass is 9.94. The van der Waals surface area contributed by atoms with Crippen molar-refractivity contribution in [1.29, 1.82) is 0 Å². The molecule has 4 heteroatoms. The van der Waals surface area contributed by atoms with Gasteiger partial charge in [-0.1, -0.05) is 43.5 Å². The zero-order valence-electron chi connectivity index (χ0n) is 16.8. The Balaban J connectivity index is 1.60. The first kappa shape index (κ1) is 19.0. The number of hydrogen-bond acceptors (Lipinski definition) is 1. The zero-order valence-corrected chi connectivity index (χ0v) is 17.6. The fourth-order valence-corrected chi connectivity index (χ4v) is 4.78. The number of nitrogens with zero attached hydrogens (tertiary/aromatic N) is 1. The fourth-order valence-electron chi connectivity index (χ4n) is 4.45. The molecule has 0 atom stereocenters. The molecule has 1 aliphatic rings. The second kappa shape index (κ2) is 8.36. The molecule has 2 N–H and O–H groups in total. The molecule has 0 spiro atoms. The maximum absolute atomic E-state index is 5.93. The van der Waals surface area contributed by atoms with Gasteiger partial charge in [-0.05, 0) is 73.8 Å². The predicted molar refractivity (Wildman–Crippen MR) is 123 cm³/mol. The largest absolute Gasteiger partial charge is 0.361 e. The first-order valence-corrected chi connectivity index (χ1v) is 10.7. The zero-order chi connectivity index (χ0) is 19.5. The van der Waals surface area contributed by atoms with Crippen molar-refractivity contribution in [2.75, 3.05) is 5.32 Å². The van der Waals surface area contributed by atoms with Gasteiger partial charge < -0.3 is 15.2 Å². The first-order chi connectivity index (χ1) is 13.6. The molecule has 0 aliphatic heterocycles. The van der Waals surface area contributed by atoms with E-state index in [9.17, 15) is 0 Å². The Hall–Kier alpha value is -2.33. The van der Waals surface area contributed by atoms with Gasteiger partial charge in [0.05, 0.1) is 0 Å². The van der Waals surface area contributed by atoms with Crippen LogP contribution in [0.2, 0.25) is 0 Å². The van der Waals surface area contributed by atoms with E-state index in [1.165, 1.54) is 59.7 Å². The van der Waals surface area contributed by atoms with Gasteiger partial charge in [0.2, 0.25) is 0 Å². The summed E-state index contributed by atoms with van der Waals surface area (Å²) in [4.78, 5) is 5.83. The monoisotopic (exact) mass is 391 g/mol. The van der Waals surface area contributed by atoms with Crippen molar-refractivity contribution in [1.82, 2.24) is 9.88 Å². The molecule has 3 nitrogen and oxygen atoms in total. The van der Waals surface area contributed by atoms with Crippen LogP contribution >= 0.6 is 12.2 Å². The summed E-state index contributed by atoms with van der Waals surface area (Å²) in [6, 6.07) is 15.6. The Bertz CT molecular complexity index is 949. The lowest BCUT2D eigenvalue weighted by molar-refractivity contribution is 0.241. The molecule has 0 radical (unpaired) electrons. The summed E-state index contributed by atoms with van der Waals surface area (Å²) < 4.78 is 0. The average Bonchev–Trinajstić information content (AvgIpc) is 3.09. The number of thiocarbonyl (C=S) groups is 1. The molecule has 4 rings (SSSR count). The standard InChI is InChI=1S/C24H29N3S/c1-17-12-18(2)14-20(13-17)26-24(28)27(21-8-4-3-5-9-21)16-19-15-25-23-11-7-6-10-22(19)23/h6-7,10-15,21,25H,3-5,8-9,16H2,1-2H3,(H,26,28). The number of para-hydroxylation sites is 1. The van der Waals surface area contributed by atoms with Gasteiger partial charge in [0, 0.05) is 35.4 Å². The lowest BCUT2D eigenvalue weighted by Crippen LogP contribution is -2.43. The first-order valence-electron chi connectivity index (χ1n) is 10.3. The summed E-state index contributed by atoms with van der Waals surface area (Å²) in [6.45, 7) is 5.10. The number of nitrogens with one attached hydrogen (secondary N) is 2. The Kier molecular flexibility index (Phi) is 5.67. The van der Waals surface area contributed by atoms with Gasteiger partial charge in [-0.3, -0.25) is 0 Å². The van der Waals surface area contributed by atoms with E-state index in [1.54, 1.807) is 0 Å². The molecule has 28 heavy (non-hydrogen) atoms. The summed E-state index contributed by atoms with van der Waals surface area (Å²) in [5.74, 6) is 0. The van der Waals surface area contributed by atoms with Crippen LogP contribution in [-0.2, 0) is 6.54 Å². The van der Waals surface area contributed by atoms with Crippen LogP contribution in [0.15, 0.2) is 48.7 Å². The summed E-state index contributed by atoms with van der Waals surface area (Å²) >= 11 is 5.93. The molecular weight excluding hydrogens is 362 g/mol. The van der Waals surface area contributed by atoms with E-state index < -0.39 is 0 Å². The van der Waals surface area contributed by atoms with Crippen LogP contribution < -0.4 is 5.32 Å². The van der Waals surface area contributed by atoms with Crippen LogP contribution in [-0.4, -0.2) is 21.0 Å². The van der Waals surface area contributed by atoms with Gasteiger partial charge >= 0.3 is 0 Å². The van der Waals surface area contributed by atoms with E-state index in [0.717, 1.165) is 17.3 Å². The van der Waals surface area contributed by atoms with E-state index in [2.05, 4.69) is 77.7 Å². The summed E-state index contributed by atoms with van der Waals surface area (Å²) in [5.41, 5.74) is 6.10. The molecule has 1 fully saturated rings. The molecule has 146 valence electrons. The van der Waals surface area contributed by atoms with Gasteiger partial charge in [-0.25, -0.2) is 0 Å². The van der Waals surface area contributed by atoms with Crippen LogP contribution in [0.4, 0.5) is 5.69 Å². The van der Waals surface area contributed by atoms with Gasteiger partial charge in [0.15, 0.2) is 5.11 Å². The van der Waals surface area contributed by atoms with Crippen molar-refractivity contribution in [3.8, 4) is 0 Å². The predicted octanol–water partition coefficient (Wildman–Crippen LogP) is 6.32. The van der Waals surface area contributed by atoms with Crippen LogP contribution in [0.3, 0.4) is 0 Å². The molecule has 1 aliphatic carbocycles. The summed E-state index contributed by atoms with van der Waals surface area (Å²) in [5, 5.41) is 5.65. The van der Waals surface area contributed by atoms with Crippen LogP contribution in [0.5, 0.6) is 0 Å². The summed E-state index contributed by atoms with van der Waals surface area (Å²) in [6.07, 6.45) is 8.51. The van der Waals surface area contributed by atoms with Crippen molar-refractivity contribution in [2.45, 2.75) is 58.5 Å². The molecule has 1 heterocycles. The van der Waals surface area contributed by atoms with E-state index in [0.29, 0.717) is 6.04 Å². The SMILES string of the molecule is Cc1cc(C)cc(NC(=S)N(Cc2c[nH]c3ccccc23)C2CCCCC2)c1. The lowest BCUT2D eigenvalue weighted by Gasteiger charge is -2.36. The van der Waals surface area contributed by atoms with Gasteiger partial charge in [-0.2, -0.15) is 0 Å². The van der Waals surface area contributed by atoms with Crippen LogP contribution in [0.1, 0.15) is 48.8 Å². The third-order valence-corrected chi connectivity index (χ3v) is 6.10. The van der Waals surface area contributed by atoms with E-state index in [4.69, 9.17) is 12.2 Å². The molecule has 2 aromatic carbocycles. The Morgan fingerprint density at radius 1 is 1.07 bits per heavy atom. The molecule has 1 aromatic heterocycles. The highest BCUT2D eigenvalue weighted by atomic mass is 32.1. The topological polar surface area (TPSA) is 31.1 Å². The maximum Gasteiger partial charge on any atom is 0.173 e. The normalized spacial score (nSPS) is 14.9. The molecule has 0 saturated heterocycles. The highest BCUT2D eigenvalue weighted by Crippen LogP contribution is 2.27. The maximum atomic E-state index is 5.93. The molecule has 1 saturated carbocycles. The number of fused-ring (bicyclic) bond motifs is 1. The smallest absolute Gasteiger partial charge is 0.173 e. The number of anilines is 1. The molecule has 0 unspecified atom stereocenters. The van der Waals surface area contributed by atoms with E-state index in [1.807, 2.05) is 0 Å². The molecule has 0 amide bonds. The van der Waals surface area contributed by atoms with Crippen molar-refractivity contribution >= 4 is 33.9 Å². The second-order valence-electron chi connectivity index (χ2n) is 8.09. The van der Waals surface area contributed by atoms with E-state index >= 15 is 0 Å². The van der Waals surface area contributed by atoms with Gasteiger partial charge in [0.25, 0.3) is 0 Å². The van der Waals surface area contributed by atoms with Crippen molar-refractivity contribution < 1.29 is 0 Å². The highest BCUT2D eigenvalue weighted by molar-refractivity contribution is 7.80. The Morgan fingerprint density at radius 2 is 1.79 bits per heavy atom. The minimum atomic E-state index is 0.508. The third-order valence-electron chi connectivity index (χ3n) is 5.76. The average molecular weight is 392 g/mol. The molecular formula is C24H29N3S. The number of benzene rings is 2. The number of H-pyrrole nitrogens is 1. The van der Waals surface area contributed by atoms with Gasteiger partial charge in [-0.15, -0.1) is 0 Å². The minimum absolute atomic E-state index is 0.508. The number of aromatic amines is 1. The van der Waals surface area contributed by atoms with Gasteiger partial charge in [0.1, 0.15) is 0 Å².